The Morgan fingerprint density at radius 1 is 1.30 bits per heavy atom. The van der Waals surface area contributed by atoms with Crippen molar-refractivity contribution in [3.8, 4) is 0 Å². The van der Waals surface area contributed by atoms with Gasteiger partial charge in [0.05, 0.1) is 5.75 Å². The van der Waals surface area contributed by atoms with Crippen molar-refractivity contribution in [2.24, 2.45) is 5.92 Å². The number of esters is 1. The number of thioether (sulfide) groups is 1. The van der Waals surface area contributed by atoms with Crippen LogP contribution in [0.5, 0.6) is 0 Å². The standard InChI is InChI=1S/C19H25N3O3S2/c1-11-6-4-5-7-14(11)22-15(23)8-25-16(24)9-26-18-17-12(2)13(3)27-19(17)21-10-20-18/h10-11,14H,4-9H2,1-3H3,(H,22,23)/t11-,14-/m1/s1. The molecular weight excluding hydrogens is 382 g/mol. The lowest BCUT2D eigenvalue weighted by Gasteiger charge is -2.29. The molecule has 1 amide bonds. The van der Waals surface area contributed by atoms with Crippen molar-refractivity contribution in [2.45, 2.75) is 57.5 Å². The number of aryl methyl sites for hydroxylation is 2. The van der Waals surface area contributed by atoms with Gasteiger partial charge in [0.2, 0.25) is 0 Å². The van der Waals surface area contributed by atoms with E-state index >= 15 is 0 Å². The predicted molar refractivity (Wildman–Crippen MR) is 108 cm³/mol. The highest BCUT2D eigenvalue weighted by Gasteiger charge is 2.23. The number of amides is 1. The molecule has 8 heteroatoms. The number of carbonyl (C=O) groups excluding carboxylic acids is 2. The topological polar surface area (TPSA) is 81.2 Å². The number of thiophene rings is 1. The number of nitrogens with zero attached hydrogens (tertiary/aromatic N) is 2. The fraction of sp³-hybridized carbons (Fsp3) is 0.579. The van der Waals surface area contributed by atoms with Crippen LogP contribution in [0, 0.1) is 19.8 Å². The lowest BCUT2D eigenvalue weighted by Crippen LogP contribution is -2.43. The average Bonchev–Trinajstić information content (AvgIpc) is 2.95. The minimum Gasteiger partial charge on any atom is -0.455 e. The van der Waals surface area contributed by atoms with E-state index < -0.39 is 5.97 Å². The van der Waals surface area contributed by atoms with Gasteiger partial charge in [0.1, 0.15) is 16.2 Å². The molecule has 0 bridgehead atoms. The number of rotatable bonds is 6. The Morgan fingerprint density at radius 2 is 2.07 bits per heavy atom. The molecule has 2 aromatic rings. The zero-order valence-corrected chi connectivity index (χ0v) is 17.5. The molecule has 0 aromatic carbocycles. The highest BCUT2D eigenvalue weighted by Crippen LogP contribution is 2.34. The van der Waals surface area contributed by atoms with Gasteiger partial charge in [-0.1, -0.05) is 31.5 Å². The van der Waals surface area contributed by atoms with Gasteiger partial charge in [-0.3, -0.25) is 9.59 Å². The Hall–Kier alpha value is -1.67. The summed E-state index contributed by atoms with van der Waals surface area (Å²) in [5.41, 5.74) is 1.15. The molecule has 6 nitrogen and oxygen atoms in total. The van der Waals surface area contributed by atoms with Crippen LogP contribution in [0.1, 0.15) is 43.0 Å². The number of hydrogen-bond acceptors (Lipinski definition) is 7. The van der Waals surface area contributed by atoms with E-state index in [4.69, 9.17) is 4.74 Å². The minimum absolute atomic E-state index is 0.119. The second kappa shape index (κ2) is 9.01. The molecule has 27 heavy (non-hydrogen) atoms. The van der Waals surface area contributed by atoms with Crippen LogP contribution in [-0.2, 0) is 14.3 Å². The molecule has 1 saturated carbocycles. The van der Waals surface area contributed by atoms with Gasteiger partial charge in [-0.25, -0.2) is 9.97 Å². The van der Waals surface area contributed by atoms with Gasteiger partial charge in [-0.2, -0.15) is 0 Å². The van der Waals surface area contributed by atoms with E-state index in [-0.39, 0.29) is 24.3 Å². The third-order valence-electron chi connectivity index (χ3n) is 5.08. The number of nitrogens with one attached hydrogen (secondary N) is 1. The second-order valence-corrected chi connectivity index (χ2v) is 9.19. The van der Waals surface area contributed by atoms with E-state index in [0.717, 1.165) is 40.1 Å². The van der Waals surface area contributed by atoms with Gasteiger partial charge >= 0.3 is 5.97 Å². The first-order chi connectivity index (χ1) is 13.0. The van der Waals surface area contributed by atoms with Crippen LogP contribution in [0.4, 0.5) is 0 Å². The van der Waals surface area contributed by atoms with Crippen LogP contribution in [0.2, 0.25) is 0 Å². The molecule has 1 N–H and O–H groups in total. The Bertz CT molecular complexity index is 837. The van der Waals surface area contributed by atoms with Crippen LogP contribution in [0.3, 0.4) is 0 Å². The van der Waals surface area contributed by atoms with Crippen LogP contribution in [0.15, 0.2) is 11.4 Å². The summed E-state index contributed by atoms with van der Waals surface area (Å²) in [6.07, 6.45) is 6.01. The molecule has 146 valence electrons. The Balaban J connectivity index is 1.48. The van der Waals surface area contributed by atoms with Gasteiger partial charge in [0.15, 0.2) is 6.61 Å². The van der Waals surface area contributed by atoms with Gasteiger partial charge in [-0.15, -0.1) is 11.3 Å². The summed E-state index contributed by atoms with van der Waals surface area (Å²) in [5, 5.41) is 4.77. The van der Waals surface area contributed by atoms with Gasteiger partial charge in [0.25, 0.3) is 5.91 Å². The normalized spacial score (nSPS) is 19.8. The fourth-order valence-corrected chi connectivity index (χ4v) is 5.27. The average molecular weight is 408 g/mol. The molecule has 2 aromatic heterocycles. The maximum atomic E-state index is 12.0. The summed E-state index contributed by atoms with van der Waals surface area (Å²) in [6, 6.07) is 0.193. The number of aromatic nitrogens is 2. The van der Waals surface area contributed by atoms with Crippen molar-refractivity contribution >= 4 is 45.2 Å². The first kappa shape index (κ1) is 20.1. The van der Waals surface area contributed by atoms with E-state index in [1.807, 2.05) is 6.92 Å². The van der Waals surface area contributed by atoms with E-state index in [1.54, 1.807) is 11.3 Å². The van der Waals surface area contributed by atoms with E-state index in [2.05, 4.69) is 29.1 Å². The van der Waals surface area contributed by atoms with Crippen molar-refractivity contribution in [3.05, 3.63) is 16.8 Å². The second-order valence-electron chi connectivity index (χ2n) is 7.03. The smallest absolute Gasteiger partial charge is 0.316 e. The molecule has 2 heterocycles. The molecule has 1 aliphatic rings. The lowest BCUT2D eigenvalue weighted by molar-refractivity contribution is -0.146. The molecular formula is C19H25N3O3S2. The highest BCUT2D eigenvalue weighted by atomic mass is 32.2. The zero-order valence-electron chi connectivity index (χ0n) is 15.9. The van der Waals surface area contributed by atoms with Crippen molar-refractivity contribution in [3.63, 3.8) is 0 Å². The van der Waals surface area contributed by atoms with E-state index in [9.17, 15) is 9.59 Å². The van der Waals surface area contributed by atoms with Crippen LogP contribution in [0.25, 0.3) is 10.2 Å². The first-order valence-electron chi connectivity index (χ1n) is 9.24. The molecule has 1 fully saturated rings. The first-order valence-corrected chi connectivity index (χ1v) is 11.0. The maximum absolute atomic E-state index is 12.0. The number of carbonyl (C=O) groups is 2. The largest absolute Gasteiger partial charge is 0.455 e. The third kappa shape index (κ3) is 4.99. The van der Waals surface area contributed by atoms with E-state index in [1.165, 1.54) is 29.4 Å². The van der Waals surface area contributed by atoms with Crippen LogP contribution >= 0.6 is 23.1 Å². The van der Waals surface area contributed by atoms with Crippen molar-refractivity contribution in [2.75, 3.05) is 12.4 Å². The van der Waals surface area contributed by atoms with Gasteiger partial charge in [0, 0.05) is 16.3 Å². The van der Waals surface area contributed by atoms with E-state index in [0.29, 0.717) is 5.92 Å². The lowest BCUT2D eigenvalue weighted by atomic mass is 9.86. The highest BCUT2D eigenvalue weighted by molar-refractivity contribution is 8.00. The number of hydrogen-bond donors (Lipinski definition) is 1. The minimum atomic E-state index is -0.414. The summed E-state index contributed by atoms with van der Waals surface area (Å²) in [5.74, 6) is -0.0384. The summed E-state index contributed by atoms with van der Waals surface area (Å²) in [4.78, 5) is 34.8. The summed E-state index contributed by atoms with van der Waals surface area (Å²) >= 11 is 2.95. The van der Waals surface area contributed by atoms with Crippen molar-refractivity contribution in [1.82, 2.24) is 15.3 Å². The zero-order chi connectivity index (χ0) is 19.4. The monoisotopic (exact) mass is 407 g/mol. The Morgan fingerprint density at radius 3 is 2.85 bits per heavy atom. The molecule has 1 aliphatic carbocycles. The summed E-state index contributed by atoms with van der Waals surface area (Å²) in [6.45, 7) is 6.02. The SMILES string of the molecule is Cc1sc2ncnc(SCC(=O)OCC(=O)N[C@@H]3CCCC[C@H]3C)c2c1C. The number of ether oxygens (including phenoxy) is 1. The van der Waals surface area contributed by atoms with Crippen LogP contribution < -0.4 is 5.32 Å². The summed E-state index contributed by atoms with van der Waals surface area (Å²) in [7, 11) is 0. The molecule has 0 saturated heterocycles. The maximum Gasteiger partial charge on any atom is 0.316 e. The number of fused-ring (bicyclic) bond motifs is 1. The van der Waals surface area contributed by atoms with Crippen molar-refractivity contribution < 1.29 is 14.3 Å². The van der Waals surface area contributed by atoms with Crippen molar-refractivity contribution in [1.29, 1.82) is 0 Å². The predicted octanol–water partition coefficient (Wildman–Crippen LogP) is 3.64. The molecule has 0 unspecified atom stereocenters. The molecule has 0 spiro atoms. The Labute approximate surface area is 167 Å². The Kier molecular flexibility index (Phi) is 6.70. The molecule has 3 rings (SSSR count). The third-order valence-corrected chi connectivity index (χ3v) is 7.16. The fourth-order valence-electron chi connectivity index (χ4n) is 3.35. The molecule has 2 atom stereocenters. The summed E-state index contributed by atoms with van der Waals surface area (Å²) < 4.78 is 5.14. The van der Waals surface area contributed by atoms with Gasteiger partial charge < -0.3 is 10.1 Å². The van der Waals surface area contributed by atoms with Gasteiger partial charge in [-0.05, 0) is 38.2 Å². The molecule has 0 radical (unpaired) electrons. The quantitative estimate of drug-likeness (QED) is 0.447. The molecule has 0 aliphatic heterocycles. The van der Waals surface area contributed by atoms with Crippen LogP contribution in [-0.4, -0.2) is 40.2 Å².